The Morgan fingerprint density at radius 2 is 0.569 bits per heavy atom. The van der Waals surface area contributed by atoms with Crippen molar-refractivity contribution >= 4 is 98.8 Å². The summed E-state index contributed by atoms with van der Waals surface area (Å²) >= 11 is -33.8. The van der Waals surface area contributed by atoms with E-state index in [1.54, 1.807) is 7.11 Å². The van der Waals surface area contributed by atoms with E-state index in [1.807, 2.05) is 12.1 Å². The van der Waals surface area contributed by atoms with Gasteiger partial charge in [0.15, 0.2) is 14.7 Å². The van der Waals surface area contributed by atoms with Gasteiger partial charge in [-0.15, -0.1) is 0 Å². The fourth-order valence-corrected chi connectivity index (χ4v) is 4.32. The van der Waals surface area contributed by atoms with Crippen molar-refractivity contribution in [1.29, 1.82) is 0 Å². The second-order valence-electron chi connectivity index (χ2n) is 7.45. The fraction of sp³-hybridized carbons (Fsp3) is 0.0526. The molecule has 0 amide bonds. The molecule has 3 aromatic carbocycles. The van der Waals surface area contributed by atoms with Crippen LogP contribution in [0.25, 0.3) is 0 Å². The van der Waals surface area contributed by atoms with E-state index in [0.717, 1.165) is 5.75 Å². The second kappa shape index (κ2) is 26.8. The minimum atomic E-state index is -5.62. The van der Waals surface area contributed by atoms with Gasteiger partial charge in [0.05, 0.1) is 18.0 Å². The topological polar surface area (TPSA) is 354 Å². The molecule has 0 spiro atoms. The molecule has 0 saturated carbocycles. The Balaban J connectivity index is -0.000000303. The molecule has 51 heavy (non-hydrogen) atoms. The molecule has 0 fully saturated rings. The Hall–Kier alpha value is -0.939. The normalized spacial score (nSPS) is 11.3. The van der Waals surface area contributed by atoms with E-state index in [9.17, 15) is 20.8 Å². The van der Waals surface area contributed by atoms with Gasteiger partial charge in [0.25, 0.3) is 0 Å². The summed E-state index contributed by atoms with van der Waals surface area (Å²) in [6.07, 6.45) is 0. The van der Waals surface area contributed by atoms with Crippen molar-refractivity contribution in [3.05, 3.63) is 84.9 Å². The molecule has 296 valence electrons. The Kier molecular flexibility index (Phi) is 29.8. The predicted molar refractivity (Wildman–Crippen MR) is 160 cm³/mol. The van der Waals surface area contributed by atoms with Crippen LogP contribution in [-0.4, -0.2) is 144 Å². The molecular formula is C19H29As6F6O19S+. The monoisotopic (exact) mass is 1160 g/mol. The van der Waals surface area contributed by atoms with Crippen LogP contribution in [0.4, 0.5) is 20.8 Å². The van der Waals surface area contributed by atoms with Crippen molar-refractivity contribution in [3.63, 3.8) is 0 Å². The van der Waals surface area contributed by atoms with Gasteiger partial charge in [-0.25, -0.2) is 0 Å². The molecule has 0 aliphatic rings. The van der Waals surface area contributed by atoms with Crippen LogP contribution in [0.15, 0.2) is 99.6 Å². The van der Waals surface area contributed by atoms with Crippen molar-refractivity contribution in [2.75, 3.05) is 7.11 Å². The van der Waals surface area contributed by atoms with Crippen molar-refractivity contribution in [1.82, 2.24) is 0 Å². The maximum absolute atomic E-state index is 10.4. The van der Waals surface area contributed by atoms with Gasteiger partial charge in [0.2, 0.25) is 0 Å². The van der Waals surface area contributed by atoms with Crippen LogP contribution in [0.3, 0.4) is 0 Å². The van der Waals surface area contributed by atoms with Crippen molar-refractivity contribution in [2.24, 2.45) is 0 Å². The van der Waals surface area contributed by atoms with E-state index in [4.69, 9.17) is 76.3 Å². The van der Waals surface area contributed by atoms with Crippen LogP contribution in [0, 0.1) is 0 Å². The molecule has 0 heterocycles. The summed E-state index contributed by atoms with van der Waals surface area (Å²) < 4.78 is 204. The number of methoxy groups -OCH3 is 1. The number of hydrogen-bond acceptors (Lipinski definition) is 7. The molecule has 32 heteroatoms. The van der Waals surface area contributed by atoms with Crippen LogP contribution in [0.1, 0.15) is 0 Å². The summed E-state index contributed by atoms with van der Waals surface area (Å²) in [4.78, 5) is 3.95. The average Bonchev–Trinajstić information content (AvgIpc) is 2.85. The minimum absolute atomic E-state index is 0.0804. The molecule has 0 aromatic heterocycles. The summed E-state index contributed by atoms with van der Waals surface area (Å²) in [5.74, 6) is 0.892. The molecule has 0 bridgehead atoms. The molecule has 12 N–H and O–H groups in total. The van der Waals surface area contributed by atoms with Gasteiger partial charge in [-0.2, -0.15) is 0 Å². The number of halogens is 6. The summed E-state index contributed by atoms with van der Waals surface area (Å²) in [6, 6.07) is 29.7. The SMILES string of the molecule is COc1ccc([S+](c2ccccc2)c2ccccc2)cc1.O=[As](O)(O)F.O=[As](O)(O)F.O=[As](O)(O)F.O=[As](O)(O)F.O=[As](O)(O)F.O=[As](O)(O)F. The van der Waals surface area contributed by atoms with E-state index in [2.05, 4.69) is 72.8 Å². The summed E-state index contributed by atoms with van der Waals surface area (Å²) in [7, 11) is 1.62. The summed E-state index contributed by atoms with van der Waals surface area (Å²) in [5, 5.41) is 0. The first-order chi connectivity index (χ1) is 22.4. The fourth-order valence-electron chi connectivity index (χ4n) is 2.23. The van der Waals surface area contributed by atoms with Crippen LogP contribution in [0.2, 0.25) is 0 Å². The van der Waals surface area contributed by atoms with Crippen LogP contribution >= 0.6 is 0 Å². The van der Waals surface area contributed by atoms with Crippen LogP contribution in [-0.2, 0) is 33.3 Å². The van der Waals surface area contributed by atoms with Crippen molar-refractivity contribution in [3.8, 4) is 5.75 Å². The van der Waals surface area contributed by atoms with Gasteiger partial charge in [0.1, 0.15) is 5.75 Å². The van der Waals surface area contributed by atoms with Gasteiger partial charge < -0.3 is 4.74 Å². The molecule has 0 atom stereocenters. The first-order valence-corrected chi connectivity index (χ1v) is 31.5. The average molecular weight is 1160 g/mol. The number of benzene rings is 3. The number of hydrogen-bond donors (Lipinski definition) is 12. The van der Waals surface area contributed by atoms with Gasteiger partial charge in [-0.1, -0.05) is 36.4 Å². The van der Waals surface area contributed by atoms with Crippen LogP contribution < -0.4 is 4.74 Å². The molecule has 3 aromatic rings. The summed E-state index contributed by atoms with van der Waals surface area (Å²) in [6.45, 7) is 0. The molecule has 0 aliphatic heterocycles. The molecule has 0 unspecified atom stereocenters. The van der Waals surface area contributed by atoms with Crippen molar-refractivity contribution in [2.45, 2.75) is 14.7 Å². The number of rotatable bonds is 4. The van der Waals surface area contributed by atoms with Gasteiger partial charge in [0, 0.05) is 0 Å². The van der Waals surface area contributed by atoms with E-state index < -0.39 is 87.9 Å². The molecule has 0 radical (unpaired) electrons. The van der Waals surface area contributed by atoms with E-state index >= 15 is 0 Å². The third kappa shape index (κ3) is 71.2. The zero-order valence-corrected chi connectivity index (χ0v) is 36.7. The van der Waals surface area contributed by atoms with Crippen LogP contribution in [0.5, 0.6) is 5.75 Å². The third-order valence-electron chi connectivity index (χ3n) is 3.25. The second-order valence-corrected chi connectivity index (χ2v) is 21.4. The quantitative estimate of drug-likeness (QED) is 0.0738. The molecule has 3 rings (SSSR count). The van der Waals surface area contributed by atoms with Gasteiger partial charge >= 0.3 is 180 Å². The molecular weight excluding hydrogens is 1130 g/mol. The Morgan fingerprint density at radius 1 is 0.392 bits per heavy atom. The van der Waals surface area contributed by atoms with E-state index in [1.165, 1.54) is 14.7 Å². The Morgan fingerprint density at radius 3 is 0.745 bits per heavy atom. The Labute approximate surface area is 305 Å². The molecule has 0 saturated heterocycles. The van der Waals surface area contributed by atoms with E-state index in [0.29, 0.717) is 0 Å². The maximum atomic E-state index is 10.4. The van der Waals surface area contributed by atoms with E-state index in [-0.39, 0.29) is 10.9 Å². The number of ether oxygens (including phenoxy) is 1. The zero-order chi connectivity index (χ0) is 41.5. The first-order valence-electron chi connectivity index (χ1n) is 11.4. The first kappa shape index (κ1) is 56.8. The Bertz CT molecular complexity index is 1400. The molecule has 19 nitrogen and oxygen atoms in total. The third-order valence-corrected chi connectivity index (χ3v) is 5.48. The summed E-state index contributed by atoms with van der Waals surface area (Å²) in [5.41, 5.74) is 0. The molecule has 0 aliphatic carbocycles. The van der Waals surface area contributed by atoms with Crippen molar-refractivity contribution < 1.29 is 97.1 Å². The zero-order valence-electron chi connectivity index (χ0n) is 24.7. The predicted octanol–water partition coefficient (Wildman–Crippen LogP) is -2.37. The van der Waals surface area contributed by atoms with Gasteiger partial charge in [-0.3, -0.25) is 0 Å². The van der Waals surface area contributed by atoms with Gasteiger partial charge in [-0.05, 0) is 48.5 Å². The standard InChI is InChI=1S/C19H17OS.6AsFH2O3/c1-20-16-12-14-19(15-13-16)21(17-8-4-2-5-9-17)18-10-6-3-7-11-18;6*2-1(3,4)5/h2-15H,1H3;6*(H2,3,4,5)/q+1;;;;;;.